The van der Waals surface area contributed by atoms with Crippen molar-refractivity contribution in [2.24, 2.45) is 20.8 Å². The largest absolute Gasteiger partial charge is 0.330 e. The van der Waals surface area contributed by atoms with E-state index in [4.69, 9.17) is 10.8 Å². The number of rotatable bonds is 10. The van der Waals surface area contributed by atoms with E-state index < -0.39 is 5.41 Å². The molecule has 0 radical (unpaired) electrons. The lowest BCUT2D eigenvalue weighted by atomic mass is 9.65. The Kier molecular flexibility index (Phi) is 8.71. The summed E-state index contributed by atoms with van der Waals surface area (Å²) >= 11 is 0. The van der Waals surface area contributed by atoms with Gasteiger partial charge in [0, 0.05) is 6.04 Å². The van der Waals surface area contributed by atoms with Crippen molar-refractivity contribution in [3.8, 4) is 0 Å². The number of carbonyl (C=O) groups excluding carboxylic acids is 3. The number of nitrogens with two attached hydrogens (primary N) is 1. The van der Waals surface area contributed by atoms with Crippen LogP contribution >= 0.6 is 0 Å². The quantitative estimate of drug-likeness (QED) is 0.266. The van der Waals surface area contributed by atoms with E-state index in [2.05, 4.69) is 34.3 Å². The number of benzene rings is 2. The molecule has 2 unspecified atom stereocenters. The number of fused-ring (bicyclic) bond motifs is 2. The highest BCUT2D eigenvalue weighted by molar-refractivity contribution is 6.12. The predicted molar refractivity (Wildman–Crippen MR) is 151 cm³/mol. The number of isocyanates is 2. The van der Waals surface area contributed by atoms with Gasteiger partial charge in [-0.3, -0.25) is 4.79 Å². The van der Waals surface area contributed by atoms with E-state index >= 15 is 0 Å². The molecule has 8 heteroatoms. The van der Waals surface area contributed by atoms with Gasteiger partial charge in [0.25, 0.3) is 0 Å². The van der Waals surface area contributed by atoms with Crippen LogP contribution in [0.4, 0.5) is 0 Å². The summed E-state index contributed by atoms with van der Waals surface area (Å²) in [4.78, 5) is 43.0. The van der Waals surface area contributed by atoms with Crippen molar-refractivity contribution in [3.63, 3.8) is 0 Å². The predicted octanol–water partition coefficient (Wildman–Crippen LogP) is 4.99. The van der Waals surface area contributed by atoms with Crippen LogP contribution in [0.15, 0.2) is 51.5 Å². The maximum atomic E-state index is 13.2. The Labute approximate surface area is 230 Å². The molecule has 1 amide bonds. The highest BCUT2D eigenvalue weighted by atomic mass is 16.2. The zero-order chi connectivity index (χ0) is 28.2. The Morgan fingerprint density at radius 1 is 0.923 bits per heavy atom. The van der Waals surface area contributed by atoms with Crippen LogP contribution in [0.25, 0.3) is 0 Å². The fourth-order valence-electron chi connectivity index (χ4n) is 6.06. The third-order valence-corrected chi connectivity index (χ3v) is 8.09. The highest BCUT2D eigenvalue weighted by Crippen LogP contribution is 2.47. The van der Waals surface area contributed by atoms with Crippen LogP contribution < -0.4 is 5.73 Å². The van der Waals surface area contributed by atoms with Gasteiger partial charge >= 0.3 is 0 Å². The van der Waals surface area contributed by atoms with E-state index in [-0.39, 0.29) is 30.5 Å². The molecule has 204 valence electrons. The first kappa shape index (κ1) is 28.3. The first-order valence-corrected chi connectivity index (χ1v) is 13.8. The van der Waals surface area contributed by atoms with Gasteiger partial charge in [0.1, 0.15) is 0 Å². The second-order valence-corrected chi connectivity index (χ2v) is 10.8. The van der Waals surface area contributed by atoms with Crippen molar-refractivity contribution in [1.82, 2.24) is 5.01 Å². The fourth-order valence-corrected chi connectivity index (χ4v) is 6.06. The zero-order valence-corrected chi connectivity index (χ0v) is 23.2. The second kappa shape index (κ2) is 12.0. The first-order valence-electron chi connectivity index (χ1n) is 13.8. The number of hydrogen-bond acceptors (Lipinski definition) is 7. The number of hydrogen-bond donors (Lipinski definition) is 1. The molecule has 2 aliphatic rings. The minimum absolute atomic E-state index is 0.00155. The van der Waals surface area contributed by atoms with E-state index in [1.807, 2.05) is 39.8 Å². The van der Waals surface area contributed by atoms with Crippen molar-refractivity contribution >= 4 is 23.8 Å². The molecule has 0 saturated carbocycles. The van der Waals surface area contributed by atoms with Crippen molar-refractivity contribution in [2.75, 3.05) is 6.54 Å². The van der Waals surface area contributed by atoms with Crippen LogP contribution in [0.5, 0.6) is 0 Å². The zero-order valence-electron chi connectivity index (χ0n) is 23.2. The second-order valence-electron chi connectivity index (χ2n) is 10.8. The summed E-state index contributed by atoms with van der Waals surface area (Å²) in [7, 11) is 0. The van der Waals surface area contributed by atoms with Gasteiger partial charge in [-0.2, -0.15) is 15.1 Å². The number of aryl methyl sites for hydroxylation is 2. The Hall–Kier alpha value is -3.70. The number of nitrogens with zero attached hydrogens (tertiary/aromatic N) is 4. The van der Waals surface area contributed by atoms with E-state index in [0.29, 0.717) is 6.54 Å². The maximum Gasteiger partial charge on any atom is 0.248 e. The van der Waals surface area contributed by atoms with Gasteiger partial charge < -0.3 is 5.73 Å². The molecule has 2 aromatic rings. The molecule has 4 rings (SSSR count). The third kappa shape index (κ3) is 5.41. The fraction of sp³-hybridized carbons (Fsp3) is 0.484. The summed E-state index contributed by atoms with van der Waals surface area (Å²) in [6.07, 6.45) is 7.64. The topological polar surface area (TPSA) is 118 Å². The van der Waals surface area contributed by atoms with Crippen molar-refractivity contribution < 1.29 is 14.4 Å². The average Bonchev–Trinajstić information content (AvgIpc) is 3.26. The minimum Gasteiger partial charge on any atom is -0.330 e. The van der Waals surface area contributed by atoms with Crippen LogP contribution in [0, 0.1) is 0 Å². The molecule has 0 aromatic heterocycles. The summed E-state index contributed by atoms with van der Waals surface area (Å²) in [5.41, 5.74) is 12.6. The Balaban J connectivity index is 2.01. The van der Waals surface area contributed by atoms with Crippen molar-refractivity contribution in [2.45, 2.75) is 89.8 Å². The summed E-state index contributed by atoms with van der Waals surface area (Å²) in [6.45, 7) is 8.30. The molecule has 0 bridgehead atoms. The maximum absolute atomic E-state index is 13.2. The first-order chi connectivity index (χ1) is 18.8. The smallest absolute Gasteiger partial charge is 0.248 e. The lowest BCUT2D eigenvalue weighted by molar-refractivity contribution is -0.130. The normalized spacial score (nSPS) is 19.8. The van der Waals surface area contributed by atoms with E-state index in [0.717, 1.165) is 71.2 Å². The molecule has 39 heavy (non-hydrogen) atoms. The molecular formula is C31H37N5O3. The third-order valence-electron chi connectivity index (χ3n) is 8.09. The summed E-state index contributed by atoms with van der Waals surface area (Å²) < 4.78 is 0. The van der Waals surface area contributed by atoms with Gasteiger partial charge in [-0.25, -0.2) is 14.6 Å². The van der Waals surface area contributed by atoms with Crippen LogP contribution in [-0.4, -0.2) is 41.4 Å². The van der Waals surface area contributed by atoms with E-state index in [1.54, 1.807) is 17.2 Å². The Morgan fingerprint density at radius 3 is 1.90 bits per heavy atom. The SMILES string of the molecule is CC(N=C=O)c1ccc2c(c1)CCc1cc(C(C)N=C=O)ccc1C2(CCCCN)C1=NN(C(C)C)C(=O)C1. The molecule has 0 fully saturated rings. The monoisotopic (exact) mass is 527 g/mol. The van der Waals surface area contributed by atoms with Gasteiger partial charge in [-0.1, -0.05) is 42.8 Å². The molecular weight excluding hydrogens is 490 g/mol. The molecule has 0 saturated heterocycles. The Bertz CT molecular complexity index is 1290. The molecule has 1 heterocycles. The van der Waals surface area contributed by atoms with Gasteiger partial charge in [-0.15, -0.1) is 0 Å². The summed E-state index contributed by atoms with van der Waals surface area (Å²) in [5, 5.41) is 6.59. The van der Waals surface area contributed by atoms with Gasteiger partial charge in [-0.05, 0) is 93.3 Å². The molecule has 2 N–H and O–H groups in total. The van der Waals surface area contributed by atoms with E-state index in [1.165, 1.54) is 0 Å². The van der Waals surface area contributed by atoms with E-state index in [9.17, 15) is 14.4 Å². The van der Waals surface area contributed by atoms with Gasteiger partial charge in [0.15, 0.2) is 0 Å². The number of carbonyl (C=O) groups is 1. The molecule has 1 aliphatic carbocycles. The Morgan fingerprint density at radius 2 is 1.46 bits per heavy atom. The molecule has 0 spiro atoms. The number of aliphatic imine (C=N–C) groups is 2. The number of amides is 1. The van der Waals surface area contributed by atoms with Crippen LogP contribution in [0.2, 0.25) is 0 Å². The average molecular weight is 528 g/mol. The van der Waals surface area contributed by atoms with Crippen LogP contribution in [0.3, 0.4) is 0 Å². The lowest BCUT2D eigenvalue weighted by Gasteiger charge is -2.37. The highest BCUT2D eigenvalue weighted by Gasteiger charge is 2.47. The molecule has 2 aromatic carbocycles. The van der Waals surface area contributed by atoms with Gasteiger partial charge in [0.05, 0.1) is 29.6 Å². The van der Waals surface area contributed by atoms with Crippen LogP contribution in [-0.2, 0) is 32.6 Å². The summed E-state index contributed by atoms with van der Waals surface area (Å²) in [6, 6.07) is 12.0. The molecule has 2 atom stereocenters. The minimum atomic E-state index is -0.624. The lowest BCUT2D eigenvalue weighted by Crippen LogP contribution is -2.38. The molecule has 8 nitrogen and oxygen atoms in total. The molecule has 1 aliphatic heterocycles. The van der Waals surface area contributed by atoms with Crippen molar-refractivity contribution in [3.05, 3.63) is 69.8 Å². The summed E-state index contributed by atoms with van der Waals surface area (Å²) in [5.74, 6) is 0.00155. The van der Waals surface area contributed by atoms with Gasteiger partial charge in [0.2, 0.25) is 18.1 Å². The number of hydrazone groups is 1. The van der Waals surface area contributed by atoms with Crippen molar-refractivity contribution in [1.29, 1.82) is 0 Å². The standard InChI is InChI=1S/C31H37N5O3/c1-20(2)36-30(39)17-29(35-36)31(13-5-6-14-32)27-11-9-23(21(3)33-18-37)15-25(27)7-8-26-16-24(10-12-28(26)31)22(4)34-19-38/h9-12,15-16,20-22H,5-8,13-14,17,32H2,1-4H3. The van der Waals surface area contributed by atoms with Crippen LogP contribution in [0.1, 0.15) is 98.8 Å². The number of unbranched alkanes of at least 4 members (excludes halogenated alkanes) is 1.